The van der Waals surface area contributed by atoms with Gasteiger partial charge in [-0.25, -0.2) is 0 Å². The molecule has 0 spiro atoms. The number of rotatable bonds is 5. The topological polar surface area (TPSA) is 44.8 Å². The van der Waals surface area contributed by atoms with Crippen molar-refractivity contribution >= 4 is 5.97 Å². The molecular weight excluding hydrogens is 244 g/mol. The molecule has 0 unspecified atom stereocenters. The number of esters is 1. The second kappa shape index (κ2) is 5.95. The van der Waals surface area contributed by atoms with Crippen LogP contribution in [0.15, 0.2) is 12.1 Å². The van der Waals surface area contributed by atoms with E-state index in [1.165, 1.54) is 7.11 Å². The van der Waals surface area contributed by atoms with Crippen LogP contribution >= 0.6 is 0 Å². The smallest absolute Gasteiger partial charge is 0.311 e. The van der Waals surface area contributed by atoms with Gasteiger partial charge in [0, 0.05) is 5.56 Å². The minimum absolute atomic E-state index is 0.233. The summed E-state index contributed by atoms with van der Waals surface area (Å²) in [6.45, 7) is 5.65. The van der Waals surface area contributed by atoms with Gasteiger partial charge in [0.1, 0.15) is 11.5 Å². The molecule has 1 rings (SSSR count). The summed E-state index contributed by atoms with van der Waals surface area (Å²) < 4.78 is 15.5. The zero-order chi connectivity index (χ0) is 14.6. The maximum atomic E-state index is 11.8. The molecule has 0 aromatic heterocycles. The predicted octanol–water partition coefficient (Wildman–Crippen LogP) is 2.75. The van der Waals surface area contributed by atoms with Crippen molar-refractivity contribution < 1.29 is 19.0 Å². The normalized spacial score (nSPS) is 11.1. The van der Waals surface area contributed by atoms with Gasteiger partial charge in [0.05, 0.1) is 26.7 Å². The van der Waals surface area contributed by atoms with Gasteiger partial charge in [0.25, 0.3) is 0 Å². The fourth-order valence-corrected chi connectivity index (χ4v) is 2.20. The van der Waals surface area contributed by atoms with Gasteiger partial charge < -0.3 is 14.2 Å². The first kappa shape index (κ1) is 15.3. The van der Waals surface area contributed by atoms with Crippen LogP contribution in [0.1, 0.15) is 25.0 Å². The van der Waals surface area contributed by atoms with Crippen LogP contribution in [0.25, 0.3) is 0 Å². The molecule has 0 saturated heterocycles. The van der Waals surface area contributed by atoms with E-state index in [2.05, 4.69) is 0 Å². The Labute approximate surface area is 114 Å². The van der Waals surface area contributed by atoms with Crippen molar-refractivity contribution in [3.8, 4) is 11.5 Å². The summed E-state index contributed by atoms with van der Waals surface area (Å²) >= 11 is 0. The Morgan fingerprint density at radius 1 is 1.16 bits per heavy atom. The molecule has 0 bridgehead atoms. The van der Waals surface area contributed by atoms with Gasteiger partial charge in [-0.05, 0) is 38.8 Å². The van der Waals surface area contributed by atoms with E-state index < -0.39 is 5.41 Å². The lowest BCUT2D eigenvalue weighted by Crippen LogP contribution is -2.28. The van der Waals surface area contributed by atoms with E-state index in [1.54, 1.807) is 14.2 Å². The number of hydrogen-bond acceptors (Lipinski definition) is 4. The summed E-state index contributed by atoms with van der Waals surface area (Å²) in [5.41, 5.74) is 1.31. The highest BCUT2D eigenvalue weighted by atomic mass is 16.5. The van der Waals surface area contributed by atoms with Crippen molar-refractivity contribution in [1.29, 1.82) is 0 Å². The van der Waals surface area contributed by atoms with Gasteiger partial charge in [0.2, 0.25) is 0 Å². The van der Waals surface area contributed by atoms with E-state index in [9.17, 15) is 4.79 Å². The van der Waals surface area contributed by atoms with Gasteiger partial charge in [-0.2, -0.15) is 0 Å². The summed E-state index contributed by atoms with van der Waals surface area (Å²) in [6, 6.07) is 3.82. The summed E-state index contributed by atoms with van der Waals surface area (Å²) in [4.78, 5) is 11.8. The molecule has 0 fully saturated rings. The number of ether oxygens (including phenoxy) is 3. The van der Waals surface area contributed by atoms with Gasteiger partial charge in [-0.3, -0.25) is 4.79 Å². The third-order valence-electron chi connectivity index (χ3n) is 3.23. The molecule has 0 aliphatic heterocycles. The molecule has 19 heavy (non-hydrogen) atoms. The molecule has 4 heteroatoms. The quantitative estimate of drug-likeness (QED) is 0.769. The van der Waals surface area contributed by atoms with E-state index in [4.69, 9.17) is 14.2 Å². The molecule has 0 amide bonds. The second-order valence-electron chi connectivity index (χ2n) is 5.14. The molecule has 0 aliphatic rings. The summed E-state index contributed by atoms with van der Waals surface area (Å²) in [5.74, 6) is 1.30. The average molecular weight is 266 g/mol. The van der Waals surface area contributed by atoms with Gasteiger partial charge in [0.15, 0.2) is 0 Å². The van der Waals surface area contributed by atoms with E-state index >= 15 is 0 Å². The number of hydrogen-bond donors (Lipinski definition) is 0. The lowest BCUT2D eigenvalue weighted by atomic mass is 9.85. The Kier molecular flexibility index (Phi) is 4.81. The Morgan fingerprint density at radius 3 is 2.26 bits per heavy atom. The monoisotopic (exact) mass is 266 g/mol. The van der Waals surface area contributed by atoms with Crippen molar-refractivity contribution in [3.05, 3.63) is 23.3 Å². The highest BCUT2D eigenvalue weighted by molar-refractivity contribution is 5.76. The molecule has 0 aliphatic carbocycles. The van der Waals surface area contributed by atoms with Crippen molar-refractivity contribution in [1.82, 2.24) is 0 Å². The third-order valence-corrected chi connectivity index (χ3v) is 3.23. The Bertz CT molecular complexity index is 463. The zero-order valence-electron chi connectivity index (χ0n) is 12.5. The van der Waals surface area contributed by atoms with E-state index in [0.717, 1.165) is 22.6 Å². The van der Waals surface area contributed by atoms with Crippen LogP contribution in [0.3, 0.4) is 0 Å². The minimum Gasteiger partial charge on any atom is -0.496 e. The molecule has 106 valence electrons. The Morgan fingerprint density at radius 2 is 1.79 bits per heavy atom. The standard InChI is InChI=1S/C15H22O4/c1-10-12(17-4)8-7-11(13(10)18-5)9-15(2,3)14(16)19-6/h7-8H,9H2,1-6H3. The van der Waals surface area contributed by atoms with Gasteiger partial charge in [-0.1, -0.05) is 6.07 Å². The van der Waals surface area contributed by atoms with Crippen LogP contribution in [-0.2, 0) is 16.0 Å². The molecule has 4 nitrogen and oxygen atoms in total. The summed E-state index contributed by atoms with van der Waals surface area (Å²) in [6.07, 6.45) is 0.549. The second-order valence-corrected chi connectivity index (χ2v) is 5.14. The average Bonchev–Trinajstić information content (AvgIpc) is 2.38. The fourth-order valence-electron chi connectivity index (χ4n) is 2.20. The lowest BCUT2D eigenvalue weighted by Gasteiger charge is -2.23. The maximum absolute atomic E-state index is 11.8. The van der Waals surface area contributed by atoms with Crippen LogP contribution in [0, 0.1) is 12.3 Å². The highest BCUT2D eigenvalue weighted by Gasteiger charge is 2.30. The van der Waals surface area contributed by atoms with Crippen LogP contribution < -0.4 is 9.47 Å². The molecule has 0 atom stereocenters. The van der Waals surface area contributed by atoms with E-state index in [-0.39, 0.29) is 5.97 Å². The third kappa shape index (κ3) is 3.19. The highest BCUT2D eigenvalue weighted by Crippen LogP contribution is 2.35. The first-order valence-electron chi connectivity index (χ1n) is 6.16. The molecular formula is C15H22O4. The largest absolute Gasteiger partial charge is 0.496 e. The van der Waals surface area contributed by atoms with Gasteiger partial charge >= 0.3 is 5.97 Å². The number of carbonyl (C=O) groups excluding carboxylic acids is 1. The van der Waals surface area contributed by atoms with Crippen LogP contribution in [-0.4, -0.2) is 27.3 Å². The molecule has 0 N–H and O–H groups in total. The molecule has 1 aromatic carbocycles. The number of benzene rings is 1. The first-order chi connectivity index (χ1) is 8.87. The number of carbonyl (C=O) groups is 1. The summed E-state index contributed by atoms with van der Waals surface area (Å²) in [7, 11) is 4.65. The lowest BCUT2D eigenvalue weighted by molar-refractivity contribution is -0.150. The molecule has 1 aromatic rings. The minimum atomic E-state index is -0.594. The predicted molar refractivity (Wildman–Crippen MR) is 73.8 cm³/mol. The first-order valence-corrected chi connectivity index (χ1v) is 6.16. The zero-order valence-corrected chi connectivity index (χ0v) is 12.5. The molecule has 0 saturated carbocycles. The molecule has 0 radical (unpaired) electrons. The Hall–Kier alpha value is -1.71. The Balaban J connectivity index is 3.15. The van der Waals surface area contributed by atoms with Crippen molar-refractivity contribution in [2.75, 3.05) is 21.3 Å². The van der Waals surface area contributed by atoms with Crippen molar-refractivity contribution in [2.24, 2.45) is 5.41 Å². The van der Waals surface area contributed by atoms with E-state index in [0.29, 0.717) is 6.42 Å². The summed E-state index contributed by atoms with van der Waals surface area (Å²) in [5, 5.41) is 0. The van der Waals surface area contributed by atoms with Crippen LogP contribution in [0.5, 0.6) is 11.5 Å². The van der Waals surface area contributed by atoms with Crippen molar-refractivity contribution in [2.45, 2.75) is 27.2 Å². The van der Waals surface area contributed by atoms with Crippen molar-refractivity contribution in [3.63, 3.8) is 0 Å². The fraction of sp³-hybridized carbons (Fsp3) is 0.533. The SMILES string of the molecule is COC(=O)C(C)(C)Cc1ccc(OC)c(C)c1OC. The van der Waals surface area contributed by atoms with E-state index in [1.807, 2.05) is 32.9 Å². The van der Waals surface area contributed by atoms with Crippen LogP contribution in [0.2, 0.25) is 0 Å². The number of methoxy groups -OCH3 is 3. The molecule has 0 heterocycles. The maximum Gasteiger partial charge on any atom is 0.311 e. The van der Waals surface area contributed by atoms with Gasteiger partial charge in [-0.15, -0.1) is 0 Å². The van der Waals surface area contributed by atoms with Crippen LogP contribution in [0.4, 0.5) is 0 Å².